The van der Waals surface area contributed by atoms with Crippen LogP contribution in [-0.4, -0.2) is 36.5 Å². The molecule has 0 saturated carbocycles. The summed E-state index contributed by atoms with van der Waals surface area (Å²) in [6.07, 6.45) is 1.16. The van der Waals surface area contributed by atoms with Gasteiger partial charge in [0, 0.05) is 31.1 Å². The van der Waals surface area contributed by atoms with E-state index < -0.39 is 0 Å². The smallest absolute Gasteiger partial charge is 0.255 e. The number of hydrogen-bond acceptors (Lipinski definition) is 3. The number of carbonyl (C=O) groups is 1. The molecule has 0 radical (unpaired) electrons. The third kappa shape index (κ3) is 1.78. The van der Waals surface area contributed by atoms with E-state index in [-0.39, 0.29) is 5.91 Å². The Morgan fingerprint density at radius 3 is 3.19 bits per heavy atom. The Kier molecular flexibility index (Phi) is 2.93. The van der Waals surface area contributed by atoms with Crippen LogP contribution in [0.25, 0.3) is 0 Å². The number of rotatable bonds is 1. The number of carbonyl (C=O) groups excluding carboxylic acids is 1. The molecule has 1 N–H and O–H groups in total. The summed E-state index contributed by atoms with van der Waals surface area (Å²) in [7, 11) is 0. The molecule has 2 atom stereocenters. The van der Waals surface area contributed by atoms with Crippen LogP contribution in [0.2, 0.25) is 0 Å². The van der Waals surface area contributed by atoms with E-state index >= 15 is 0 Å². The molecule has 1 amide bonds. The zero-order valence-corrected chi connectivity index (χ0v) is 11.8. The predicted octanol–water partition coefficient (Wildman–Crippen LogP) is 1.79. The van der Waals surface area contributed by atoms with Gasteiger partial charge in [-0.25, -0.2) is 0 Å². The molecule has 16 heavy (non-hydrogen) atoms. The summed E-state index contributed by atoms with van der Waals surface area (Å²) in [5, 5.41) is 5.35. The van der Waals surface area contributed by atoms with Crippen molar-refractivity contribution in [2.24, 2.45) is 5.92 Å². The Bertz CT molecular complexity index is 420. The molecule has 3 nitrogen and oxygen atoms in total. The van der Waals surface area contributed by atoms with Crippen molar-refractivity contribution >= 4 is 39.8 Å². The second-order valence-electron chi connectivity index (χ2n) is 4.41. The molecule has 2 fully saturated rings. The first kappa shape index (κ1) is 11.0. The van der Waals surface area contributed by atoms with E-state index in [4.69, 9.17) is 0 Å². The van der Waals surface area contributed by atoms with Crippen molar-refractivity contribution < 1.29 is 4.79 Å². The summed E-state index contributed by atoms with van der Waals surface area (Å²) in [5.74, 6) is 0.900. The predicted molar refractivity (Wildman–Crippen MR) is 72.8 cm³/mol. The van der Waals surface area contributed by atoms with Gasteiger partial charge in [-0.05, 0) is 41.0 Å². The van der Waals surface area contributed by atoms with Gasteiger partial charge in [-0.2, -0.15) is 0 Å². The summed E-state index contributed by atoms with van der Waals surface area (Å²) < 4.78 is 1.18. The topological polar surface area (TPSA) is 32.3 Å². The van der Waals surface area contributed by atoms with Crippen molar-refractivity contribution in [1.82, 2.24) is 10.2 Å². The molecule has 1 aromatic heterocycles. The molecule has 0 spiro atoms. The largest absolute Gasteiger partial charge is 0.334 e. The average molecular weight is 348 g/mol. The lowest BCUT2D eigenvalue weighted by atomic mass is 10.1. The highest BCUT2D eigenvalue weighted by atomic mass is 127. The minimum absolute atomic E-state index is 0.218. The van der Waals surface area contributed by atoms with Gasteiger partial charge >= 0.3 is 0 Å². The minimum Gasteiger partial charge on any atom is -0.334 e. The standard InChI is InChI=1S/C11H13IN2OS/c12-10-3-8(6-16-10)11(15)14-2-1-7-4-13-5-9(7)14/h3,6-7,9,13H,1-2,4-5H2/t7-,9+/m0/s1. The first-order valence-corrected chi connectivity index (χ1v) is 7.47. The monoisotopic (exact) mass is 348 g/mol. The summed E-state index contributed by atoms with van der Waals surface area (Å²) in [4.78, 5) is 14.4. The zero-order valence-electron chi connectivity index (χ0n) is 8.78. The highest BCUT2D eigenvalue weighted by Crippen LogP contribution is 2.29. The molecule has 86 valence electrons. The van der Waals surface area contributed by atoms with Gasteiger partial charge in [0.05, 0.1) is 8.45 Å². The van der Waals surface area contributed by atoms with Crippen LogP contribution in [0, 0.1) is 8.80 Å². The fraction of sp³-hybridized carbons (Fsp3) is 0.545. The van der Waals surface area contributed by atoms with Crippen LogP contribution in [0.1, 0.15) is 16.8 Å². The van der Waals surface area contributed by atoms with Crippen LogP contribution in [-0.2, 0) is 0 Å². The Hall–Kier alpha value is -0.140. The number of nitrogens with zero attached hydrogens (tertiary/aromatic N) is 1. The molecular formula is C11H13IN2OS. The third-order valence-corrected chi connectivity index (χ3v) is 5.31. The van der Waals surface area contributed by atoms with Gasteiger partial charge in [-0.3, -0.25) is 4.79 Å². The number of likely N-dealkylation sites (tertiary alicyclic amines) is 1. The maximum absolute atomic E-state index is 12.3. The molecule has 3 heterocycles. The number of nitrogens with one attached hydrogen (secondary N) is 1. The Morgan fingerprint density at radius 1 is 1.56 bits per heavy atom. The molecule has 1 aromatic rings. The third-order valence-electron chi connectivity index (χ3n) is 3.52. The number of hydrogen-bond donors (Lipinski definition) is 1. The molecule has 0 bridgehead atoms. The van der Waals surface area contributed by atoms with E-state index in [1.807, 2.05) is 11.4 Å². The summed E-state index contributed by atoms with van der Waals surface area (Å²) in [6.45, 7) is 2.98. The Balaban J connectivity index is 1.80. The maximum Gasteiger partial charge on any atom is 0.255 e. The highest BCUT2D eigenvalue weighted by molar-refractivity contribution is 14.1. The fourth-order valence-corrected chi connectivity index (χ4v) is 4.01. The molecule has 2 aliphatic rings. The summed E-state index contributed by atoms with van der Waals surface area (Å²) in [5.41, 5.74) is 0.863. The van der Waals surface area contributed by atoms with E-state index in [1.165, 1.54) is 2.88 Å². The van der Waals surface area contributed by atoms with E-state index in [1.54, 1.807) is 11.3 Å². The molecule has 2 aliphatic heterocycles. The summed E-state index contributed by atoms with van der Waals surface area (Å²) in [6, 6.07) is 2.42. The molecule has 0 aromatic carbocycles. The molecule has 2 saturated heterocycles. The van der Waals surface area contributed by atoms with Gasteiger partial charge < -0.3 is 10.2 Å². The molecule has 3 rings (SSSR count). The quantitative estimate of drug-likeness (QED) is 0.785. The van der Waals surface area contributed by atoms with Crippen LogP contribution in [0.15, 0.2) is 11.4 Å². The Labute approximate surface area is 112 Å². The van der Waals surface area contributed by atoms with Gasteiger partial charge in [0.25, 0.3) is 5.91 Å². The first-order valence-electron chi connectivity index (χ1n) is 5.51. The van der Waals surface area contributed by atoms with Gasteiger partial charge in [-0.1, -0.05) is 0 Å². The van der Waals surface area contributed by atoms with E-state index in [0.717, 1.165) is 31.6 Å². The fourth-order valence-electron chi connectivity index (χ4n) is 2.69. The van der Waals surface area contributed by atoms with E-state index in [0.29, 0.717) is 12.0 Å². The molecule has 0 aliphatic carbocycles. The summed E-state index contributed by atoms with van der Waals surface area (Å²) >= 11 is 3.90. The van der Waals surface area contributed by atoms with Gasteiger partial charge in [-0.15, -0.1) is 11.3 Å². The molecule has 0 unspecified atom stereocenters. The lowest BCUT2D eigenvalue weighted by Gasteiger charge is -2.22. The van der Waals surface area contributed by atoms with Crippen molar-refractivity contribution in [2.75, 3.05) is 19.6 Å². The maximum atomic E-state index is 12.3. The van der Waals surface area contributed by atoms with Gasteiger partial charge in [0.15, 0.2) is 0 Å². The van der Waals surface area contributed by atoms with Crippen LogP contribution < -0.4 is 5.32 Å². The van der Waals surface area contributed by atoms with Crippen molar-refractivity contribution in [3.05, 3.63) is 19.9 Å². The average Bonchev–Trinajstić information content (AvgIpc) is 2.90. The number of amides is 1. The molecule has 5 heteroatoms. The molecular weight excluding hydrogens is 335 g/mol. The number of fused-ring (bicyclic) bond motifs is 1. The highest BCUT2D eigenvalue weighted by Gasteiger charge is 2.40. The minimum atomic E-state index is 0.218. The van der Waals surface area contributed by atoms with Crippen molar-refractivity contribution in [3.8, 4) is 0 Å². The SMILES string of the molecule is O=C(c1csc(I)c1)N1CC[C@H]2CNC[C@H]21. The lowest BCUT2D eigenvalue weighted by Crippen LogP contribution is -2.38. The normalized spacial score (nSPS) is 28.4. The van der Waals surface area contributed by atoms with Crippen LogP contribution in [0.4, 0.5) is 0 Å². The van der Waals surface area contributed by atoms with Crippen LogP contribution >= 0.6 is 33.9 Å². The van der Waals surface area contributed by atoms with E-state index in [9.17, 15) is 4.79 Å². The van der Waals surface area contributed by atoms with E-state index in [2.05, 4.69) is 32.8 Å². The van der Waals surface area contributed by atoms with Crippen LogP contribution in [0.3, 0.4) is 0 Å². The van der Waals surface area contributed by atoms with Crippen molar-refractivity contribution in [1.29, 1.82) is 0 Å². The van der Waals surface area contributed by atoms with Crippen LogP contribution in [0.5, 0.6) is 0 Å². The van der Waals surface area contributed by atoms with Crippen molar-refractivity contribution in [3.63, 3.8) is 0 Å². The second-order valence-corrected chi connectivity index (χ2v) is 7.22. The number of halogens is 1. The van der Waals surface area contributed by atoms with Gasteiger partial charge in [0.1, 0.15) is 0 Å². The Morgan fingerprint density at radius 2 is 2.44 bits per heavy atom. The zero-order chi connectivity index (χ0) is 11.1. The lowest BCUT2D eigenvalue weighted by molar-refractivity contribution is 0.0737. The second kappa shape index (κ2) is 4.27. The number of thiophene rings is 1. The van der Waals surface area contributed by atoms with Crippen molar-refractivity contribution in [2.45, 2.75) is 12.5 Å². The first-order chi connectivity index (χ1) is 7.75. The van der Waals surface area contributed by atoms with Gasteiger partial charge in [0.2, 0.25) is 0 Å².